The van der Waals surface area contributed by atoms with E-state index in [9.17, 15) is 0 Å². The summed E-state index contributed by atoms with van der Waals surface area (Å²) in [6, 6.07) is 7.98. The number of nitrogens with zero attached hydrogens (tertiary/aromatic N) is 2. The van der Waals surface area contributed by atoms with E-state index in [1.54, 1.807) is 25.5 Å². The Bertz CT molecular complexity index is 687. The van der Waals surface area contributed by atoms with Gasteiger partial charge < -0.3 is 15.4 Å². The van der Waals surface area contributed by atoms with Crippen LogP contribution in [0.1, 0.15) is 28.1 Å². The lowest BCUT2D eigenvalue weighted by atomic mass is 10.2. The molecule has 0 saturated heterocycles. The van der Waals surface area contributed by atoms with Gasteiger partial charge in [0.1, 0.15) is 5.75 Å². The van der Waals surface area contributed by atoms with Crippen molar-refractivity contribution in [2.75, 3.05) is 20.7 Å². The van der Waals surface area contributed by atoms with Gasteiger partial charge in [-0.05, 0) is 19.4 Å². The van der Waals surface area contributed by atoms with E-state index in [1.807, 2.05) is 24.3 Å². The number of hydrogen-bond donors (Lipinski definition) is 2. The summed E-state index contributed by atoms with van der Waals surface area (Å²) >= 11 is 1.79. The number of ether oxygens (including phenoxy) is 1. The van der Waals surface area contributed by atoms with Gasteiger partial charge in [0.2, 0.25) is 0 Å². The van der Waals surface area contributed by atoms with Crippen molar-refractivity contribution in [1.82, 2.24) is 15.6 Å². The normalized spacial score (nSPS) is 11.0. The van der Waals surface area contributed by atoms with Crippen LogP contribution in [0.15, 0.2) is 29.3 Å². The van der Waals surface area contributed by atoms with Gasteiger partial charge in [-0.1, -0.05) is 25.1 Å². The van der Waals surface area contributed by atoms with Crippen LogP contribution in [-0.2, 0) is 19.4 Å². The van der Waals surface area contributed by atoms with Crippen molar-refractivity contribution in [2.45, 2.75) is 33.2 Å². The molecule has 0 unspecified atom stereocenters. The van der Waals surface area contributed by atoms with Gasteiger partial charge in [-0.25, -0.2) is 4.98 Å². The number of aryl methyl sites for hydroxylation is 2. The van der Waals surface area contributed by atoms with E-state index in [1.165, 1.54) is 15.6 Å². The Morgan fingerprint density at radius 1 is 1.28 bits per heavy atom. The molecule has 0 spiro atoms. The summed E-state index contributed by atoms with van der Waals surface area (Å²) < 4.78 is 5.37. The van der Waals surface area contributed by atoms with Crippen LogP contribution in [0.25, 0.3) is 0 Å². The van der Waals surface area contributed by atoms with Crippen LogP contribution in [0.4, 0.5) is 0 Å². The van der Waals surface area contributed by atoms with E-state index in [0.29, 0.717) is 6.54 Å². The van der Waals surface area contributed by atoms with E-state index in [4.69, 9.17) is 4.74 Å². The van der Waals surface area contributed by atoms with Crippen LogP contribution in [0.5, 0.6) is 5.75 Å². The number of aliphatic imine (C=N–C) groups is 1. The molecule has 0 aliphatic rings. The van der Waals surface area contributed by atoms with Crippen molar-refractivity contribution in [3.05, 3.63) is 45.4 Å². The first-order valence-electron chi connectivity index (χ1n) is 8.19. The molecule has 0 amide bonds. The van der Waals surface area contributed by atoms with E-state index in [2.05, 4.69) is 34.5 Å². The molecular weight excluding hydrogens is 447 g/mol. The summed E-state index contributed by atoms with van der Waals surface area (Å²) in [5.74, 6) is 1.66. The topological polar surface area (TPSA) is 58.5 Å². The largest absolute Gasteiger partial charge is 0.496 e. The zero-order valence-electron chi connectivity index (χ0n) is 15.3. The van der Waals surface area contributed by atoms with Crippen molar-refractivity contribution < 1.29 is 4.74 Å². The maximum absolute atomic E-state index is 5.37. The van der Waals surface area contributed by atoms with E-state index < -0.39 is 0 Å². The number of benzene rings is 1. The first-order chi connectivity index (χ1) is 11.7. The molecule has 0 radical (unpaired) electrons. The van der Waals surface area contributed by atoms with Gasteiger partial charge in [0, 0.05) is 37.0 Å². The standard InChI is InChI=1S/C18H26N4OS.HI/c1-5-15-13(2)24-17(22-15)10-11-20-18(19-3)21-12-14-8-6-7-9-16(14)23-4;/h6-9H,5,10-12H2,1-4H3,(H2,19,20,21);1H. The van der Waals surface area contributed by atoms with Gasteiger partial charge in [-0.2, -0.15) is 0 Å². The number of methoxy groups -OCH3 is 1. The third-order valence-corrected chi connectivity index (χ3v) is 4.84. The molecule has 0 saturated carbocycles. The summed E-state index contributed by atoms with van der Waals surface area (Å²) in [5.41, 5.74) is 2.32. The number of halogens is 1. The second-order valence-electron chi connectivity index (χ2n) is 5.38. The molecule has 2 aromatic rings. The zero-order chi connectivity index (χ0) is 17.4. The second kappa shape index (κ2) is 11.3. The average molecular weight is 474 g/mol. The Kier molecular flexibility index (Phi) is 9.81. The summed E-state index contributed by atoms with van der Waals surface area (Å²) in [4.78, 5) is 10.3. The molecule has 2 N–H and O–H groups in total. The van der Waals surface area contributed by atoms with Crippen molar-refractivity contribution in [3.63, 3.8) is 0 Å². The molecule has 25 heavy (non-hydrogen) atoms. The first kappa shape index (κ1) is 21.7. The van der Waals surface area contributed by atoms with Crippen LogP contribution in [0.3, 0.4) is 0 Å². The fourth-order valence-corrected chi connectivity index (χ4v) is 3.48. The molecule has 138 valence electrons. The number of hydrogen-bond acceptors (Lipinski definition) is 4. The summed E-state index contributed by atoms with van der Waals surface area (Å²) in [6.07, 6.45) is 1.90. The van der Waals surface area contributed by atoms with Crippen LogP contribution in [0.2, 0.25) is 0 Å². The Morgan fingerprint density at radius 3 is 2.68 bits per heavy atom. The van der Waals surface area contributed by atoms with Crippen molar-refractivity contribution in [1.29, 1.82) is 0 Å². The van der Waals surface area contributed by atoms with Gasteiger partial charge in [-0.3, -0.25) is 4.99 Å². The molecule has 1 heterocycles. The van der Waals surface area contributed by atoms with Gasteiger partial charge >= 0.3 is 0 Å². The van der Waals surface area contributed by atoms with Crippen LogP contribution in [-0.4, -0.2) is 31.6 Å². The Balaban J connectivity index is 0.00000312. The second-order valence-corrected chi connectivity index (χ2v) is 6.67. The molecule has 2 rings (SSSR count). The van der Waals surface area contributed by atoms with Crippen LogP contribution >= 0.6 is 35.3 Å². The van der Waals surface area contributed by atoms with Crippen molar-refractivity contribution >= 4 is 41.3 Å². The minimum Gasteiger partial charge on any atom is -0.496 e. The maximum atomic E-state index is 5.37. The number of nitrogens with one attached hydrogen (secondary N) is 2. The van der Waals surface area contributed by atoms with E-state index >= 15 is 0 Å². The quantitative estimate of drug-likeness (QED) is 0.366. The predicted molar refractivity (Wildman–Crippen MR) is 117 cm³/mol. The van der Waals surface area contributed by atoms with Crippen LogP contribution < -0.4 is 15.4 Å². The van der Waals surface area contributed by atoms with Gasteiger partial charge in [0.15, 0.2) is 5.96 Å². The SMILES string of the molecule is CCc1nc(CCNC(=NC)NCc2ccccc2OC)sc1C.I. The highest BCUT2D eigenvalue weighted by Gasteiger charge is 2.07. The highest BCUT2D eigenvalue weighted by molar-refractivity contribution is 14.0. The lowest BCUT2D eigenvalue weighted by molar-refractivity contribution is 0.409. The highest BCUT2D eigenvalue weighted by Crippen LogP contribution is 2.18. The van der Waals surface area contributed by atoms with Crippen molar-refractivity contribution in [2.24, 2.45) is 4.99 Å². The summed E-state index contributed by atoms with van der Waals surface area (Å²) in [6.45, 7) is 5.76. The Morgan fingerprint density at radius 2 is 2.04 bits per heavy atom. The Hall–Kier alpha value is -1.35. The minimum absolute atomic E-state index is 0. The number of thiazole rings is 1. The third kappa shape index (κ3) is 6.47. The third-order valence-electron chi connectivity index (χ3n) is 3.77. The molecule has 0 bridgehead atoms. The average Bonchev–Trinajstić information content (AvgIpc) is 2.97. The number of aromatic nitrogens is 1. The summed E-state index contributed by atoms with van der Waals surface area (Å²) in [7, 11) is 3.47. The van der Waals surface area contributed by atoms with Gasteiger partial charge in [0.25, 0.3) is 0 Å². The fraction of sp³-hybridized carbons (Fsp3) is 0.444. The molecule has 7 heteroatoms. The lowest BCUT2D eigenvalue weighted by Crippen LogP contribution is -2.37. The van der Waals surface area contributed by atoms with E-state index in [-0.39, 0.29) is 24.0 Å². The molecule has 0 aliphatic carbocycles. The smallest absolute Gasteiger partial charge is 0.191 e. The number of para-hydroxylation sites is 1. The molecule has 5 nitrogen and oxygen atoms in total. The number of rotatable bonds is 7. The first-order valence-corrected chi connectivity index (χ1v) is 9.01. The highest BCUT2D eigenvalue weighted by atomic mass is 127. The molecule has 0 aliphatic heterocycles. The number of guanidine groups is 1. The minimum atomic E-state index is 0. The zero-order valence-corrected chi connectivity index (χ0v) is 18.4. The van der Waals surface area contributed by atoms with E-state index in [0.717, 1.165) is 36.7 Å². The Labute approximate surface area is 171 Å². The van der Waals surface area contributed by atoms with Gasteiger partial charge in [0.05, 0.1) is 17.8 Å². The molecule has 1 aromatic carbocycles. The summed E-state index contributed by atoms with van der Waals surface area (Å²) in [5, 5.41) is 7.83. The maximum Gasteiger partial charge on any atom is 0.191 e. The monoisotopic (exact) mass is 474 g/mol. The lowest BCUT2D eigenvalue weighted by Gasteiger charge is -2.13. The van der Waals surface area contributed by atoms with Crippen molar-refractivity contribution in [3.8, 4) is 5.75 Å². The fourth-order valence-electron chi connectivity index (χ4n) is 2.46. The predicted octanol–water partition coefficient (Wildman–Crippen LogP) is 3.55. The molecule has 1 aromatic heterocycles. The van der Waals surface area contributed by atoms with Crippen LogP contribution in [0, 0.1) is 6.92 Å². The van der Waals surface area contributed by atoms with Gasteiger partial charge in [-0.15, -0.1) is 35.3 Å². The molecule has 0 atom stereocenters. The molecular formula is C18H27IN4OS. The molecule has 0 fully saturated rings.